The van der Waals surface area contributed by atoms with Crippen molar-refractivity contribution >= 4 is 11.8 Å². The Balaban J connectivity index is 0. The summed E-state index contributed by atoms with van der Waals surface area (Å²) < 4.78 is 0. The fraction of sp³-hybridized carbons (Fsp3) is 0.571. The second-order valence-electron chi connectivity index (χ2n) is 1.44. The van der Waals surface area contributed by atoms with Gasteiger partial charge in [0, 0.05) is 0 Å². The van der Waals surface area contributed by atoms with Crippen LogP contribution in [0.5, 0.6) is 0 Å². The molecule has 0 heterocycles. The van der Waals surface area contributed by atoms with E-state index in [-0.39, 0.29) is 18.9 Å². The van der Waals surface area contributed by atoms with Crippen molar-refractivity contribution in [2.45, 2.75) is 19.8 Å². The molecule has 0 aromatic rings. The summed E-state index contributed by atoms with van der Waals surface area (Å²) in [7, 11) is 0. The van der Waals surface area contributed by atoms with Crippen LogP contribution >= 0.6 is 11.8 Å². The third-order valence-corrected chi connectivity index (χ3v) is 1.02. The molecule has 0 atom stereocenters. The zero-order valence-electron chi connectivity index (χ0n) is 6.40. The average Bonchev–Trinajstić information content (AvgIpc) is 1.81. The van der Waals surface area contributed by atoms with E-state index in [0.717, 1.165) is 6.42 Å². The van der Waals surface area contributed by atoms with Gasteiger partial charge in [-0.1, -0.05) is 19.8 Å². The smallest absolute Gasteiger partial charge is 0.324 e. The Kier molecular flexibility index (Phi) is 15.3. The first-order valence-electron chi connectivity index (χ1n) is 2.77. The Morgan fingerprint density at radius 2 is 2.33 bits per heavy atom. The molecule has 0 radical (unpaired) electrons. The molecule has 0 unspecified atom stereocenters. The molecule has 0 bridgehead atoms. The van der Waals surface area contributed by atoms with Crippen molar-refractivity contribution in [2.75, 3.05) is 6.26 Å². The van der Waals surface area contributed by atoms with E-state index >= 15 is 0 Å². The summed E-state index contributed by atoms with van der Waals surface area (Å²) in [4.78, 5) is 0. The molecule has 0 nitrogen and oxygen atoms in total. The third kappa shape index (κ3) is 11.8. The molecule has 0 aromatic heterocycles. The minimum atomic E-state index is 0. The van der Waals surface area contributed by atoms with E-state index in [1.807, 2.05) is 12.3 Å². The van der Waals surface area contributed by atoms with Gasteiger partial charge < -0.3 is 5.73 Å². The van der Waals surface area contributed by atoms with Crippen LogP contribution in [0.2, 0.25) is 0 Å². The summed E-state index contributed by atoms with van der Waals surface area (Å²) in [6, 6.07) is 0. The summed E-state index contributed by atoms with van der Waals surface area (Å²) >= 11 is 1.56. The second kappa shape index (κ2) is 11.3. The molecule has 0 fully saturated rings. The van der Waals surface area contributed by atoms with Crippen molar-refractivity contribution in [3.8, 4) is 0 Å². The number of allylic oxidation sites excluding steroid dienone is 1. The monoisotopic (exact) mass is 134 g/mol. The molecule has 0 rings (SSSR count). The van der Waals surface area contributed by atoms with Gasteiger partial charge in [0.1, 0.15) is 0 Å². The Bertz CT molecular complexity index is 93.1. The first-order chi connectivity index (χ1) is 3.91. The molecule has 0 aromatic carbocycles. The Morgan fingerprint density at radius 1 is 1.67 bits per heavy atom. The largest absolute Gasteiger partial charge is 1.00 e. The van der Waals surface area contributed by atoms with E-state index in [1.54, 1.807) is 11.8 Å². The molecule has 9 heavy (non-hydrogen) atoms. The quantitative estimate of drug-likeness (QED) is 0.288. The van der Waals surface area contributed by atoms with Crippen LogP contribution in [0.3, 0.4) is 0 Å². The molecule has 0 spiro atoms. The van der Waals surface area contributed by atoms with Crippen molar-refractivity contribution in [1.29, 1.82) is 0 Å². The Hall–Kier alpha value is 0.467. The topological polar surface area (TPSA) is 0 Å². The number of hydrogen-bond acceptors (Lipinski definition) is 1. The predicted octanol–water partition coefficient (Wildman–Crippen LogP) is -0.375. The number of unbranched alkanes of at least 4 members (excludes halogenated alkanes) is 1. The van der Waals surface area contributed by atoms with Gasteiger partial charge in [-0.15, -0.1) is 0 Å². The maximum Gasteiger partial charge on any atom is 1.00 e. The van der Waals surface area contributed by atoms with E-state index in [4.69, 9.17) is 0 Å². The van der Waals surface area contributed by atoms with Crippen LogP contribution in [0.1, 0.15) is 19.8 Å². The molecule has 0 aliphatic heterocycles. The first kappa shape index (κ1) is 12.2. The maximum atomic E-state index is 2.92. The molecule has 2 heteroatoms. The zero-order valence-corrected chi connectivity index (χ0v) is 7.22. The number of rotatable bonds is 3. The van der Waals surface area contributed by atoms with E-state index in [2.05, 4.69) is 18.1 Å². The summed E-state index contributed by atoms with van der Waals surface area (Å²) in [6.45, 7) is 2.15. The van der Waals surface area contributed by atoms with Gasteiger partial charge in [0.25, 0.3) is 0 Å². The third-order valence-electron chi connectivity index (χ3n) is 0.696. The van der Waals surface area contributed by atoms with Gasteiger partial charge in [-0.05, 0) is 6.26 Å². The summed E-state index contributed by atoms with van der Waals surface area (Å²) in [5, 5.41) is 2.89. The molecule has 46 valence electrons. The minimum absolute atomic E-state index is 0. The van der Waals surface area contributed by atoms with Gasteiger partial charge in [0.05, 0.1) is 0 Å². The predicted molar refractivity (Wildman–Crippen MR) is 39.7 cm³/mol. The van der Waals surface area contributed by atoms with Crippen LogP contribution in [-0.4, -0.2) is 6.26 Å². The number of hydrogen-bond donors (Lipinski definition) is 0. The normalized spacial score (nSPS) is 6.89. The molecule has 0 N–H and O–H groups in total. The molecule has 0 aliphatic carbocycles. The van der Waals surface area contributed by atoms with Crippen LogP contribution in [0.4, 0.5) is 0 Å². The standard InChI is InChI=1S/C7H11S.Li/c1-3-4-5-6-7-8-2;/h5H,3-4H2,1-2H3;/q-1;+1. The first-order valence-corrected chi connectivity index (χ1v) is 3.99. The summed E-state index contributed by atoms with van der Waals surface area (Å²) in [6.07, 6.45) is 6.31. The molecular weight excluding hydrogens is 123 g/mol. The van der Waals surface area contributed by atoms with Crippen molar-refractivity contribution in [3.05, 3.63) is 17.2 Å². The SMILES string of the molecule is CCCC=C=[C-]SC.[Li+]. The van der Waals surface area contributed by atoms with E-state index < -0.39 is 0 Å². The van der Waals surface area contributed by atoms with Crippen LogP contribution in [0.15, 0.2) is 11.8 Å². The molecule has 0 aliphatic rings. The van der Waals surface area contributed by atoms with Crippen molar-refractivity contribution in [2.24, 2.45) is 0 Å². The van der Waals surface area contributed by atoms with Crippen molar-refractivity contribution in [1.82, 2.24) is 0 Å². The van der Waals surface area contributed by atoms with Crippen molar-refractivity contribution in [3.63, 3.8) is 0 Å². The summed E-state index contributed by atoms with van der Waals surface area (Å²) in [5.41, 5.74) is 2.92. The molecule has 0 amide bonds. The van der Waals surface area contributed by atoms with E-state index in [9.17, 15) is 0 Å². The average molecular weight is 134 g/mol. The van der Waals surface area contributed by atoms with Gasteiger partial charge in [0.2, 0.25) is 0 Å². The summed E-state index contributed by atoms with van der Waals surface area (Å²) in [5.74, 6) is 0. The zero-order chi connectivity index (χ0) is 6.24. The fourth-order valence-electron chi connectivity index (χ4n) is 0.317. The van der Waals surface area contributed by atoms with E-state index in [1.165, 1.54) is 6.42 Å². The Labute approximate surface area is 74.0 Å². The number of thioether (sulfide) groups is 1. The van der Waals surface area contributed by atoms with Gasteiger partial charge in [-0.3, -0.25) is 0 Å². The minimum Gasteiger partial charge on any atom is -0.324 e. The maximum absolute atomic E-state index is 2.92. The molecule has 0 saturated heterocycles. The van der Waals surface area contributed by atoms with Crippen LogP contribution in [0, 0.1) is 5.41 Å². The van der Waals surface area contributed by atoms with E-state index in [0.29, 0.717) is 0 Å². The van der Waals surface area contributed by atoms with Gasteiger partial charge in [-0.25, -0.2) is 11.8 Å². The fourth-order valence-corrected chi connectivity index (χ4v) is 0.518. The van der Waals surface area contributed by atoms with Gasteiger partial charge >= 0.3 is 18.9 Å². The second-order valence-corrected chi connectivity index (χ2v) is 2.06. The van der Waals surface area contributed by atoms with Gasteiger partial charge in [0.15, 0.2) is 0 Å². The van der Waals surface area contributed by atoms with Crippen LogP contribution in [-0.2, 0) is 0 Å². The van der Waals surface area contributed by atoms with Gasteiger partial charge in [-0.2, -0.15) is 11.5 Å². The Morgan fingerprint density at radius 3 is 2.78 bits per heavy atom. The van der Waals surface area contributed by atoms with Crippen LogP contribution < -0.4 is 18.9 Å². The molecular formula is C7H11LiS. The van der Waals surface area contributed by atoms with Crippen molar-refractivity contribution < 1.29 is 18.9 Å². The van der Waals surface area contributed by atoms with Crippen LogP contribution in [0.25, 0.3) is 0 Å². The molecule has 0 saturated carbocycles.